The van der Waals surface area contributed by atoms with Crippen molar-refractivity contribution in [2.24, 2.45) is 5.10 Å². The molecule has 0 unspecified atom stereocenters. The fourth-order valence-electron chi connectivity index (χ4n) is 2.58. The first-order chi connectivity index (χ1) is 14.5. The van der Waals surface area contributed by atoms with Gasteiger partial charge in [0.2, 0.25) is 0 Å². The quantitative estimate of drug-likeness (QED) is 0.437. The number of halogens is 1. The zero-order valence-corrected chi connectivity index (χ0v) is 17.0. The van der Waals surface area contributed by atoms with Crippen molar-refractivity contribution < 1.29 is 14.3 Å². The van der Waals surface area contributed by atoms with Crippen LogP contribution in [0.15, 0.2) is 77.9 Å². The molecule has 2 amide bonds. The van der Waals surface area contributed by atoms with Gasteiger partial charge >= 0.3 is 0 Å². The summed E-state index contributed by atoms with van der Waals surface area (Å²) in [6.45, 7) is 1.83. The molecular formula is C23H20ClN3O3. The molecule has 2 N–H and O–H groups in total. The minimum Gasteiger partial charge on any atom is -0.484 e. The number of anilines is 1. The summed E-state index contributed by atoms with van der Waals surface area (Å²) in [5, 5.41) is 7.29. The average Bonchev–Trinajstić information content (AvgIpc) is 2.73. The SMILES string of the molecule is Cc1cccc(NC(=O)COc2cccc(/C=N/NC(=O)c3ccc(Cl)cc3)c2)c1. The lowest BCUT2D eigenvalue weighted by Gasteiger charge is -2.08. The van der Waals surface area contributed by atoms with Gasteiger partial charge in [-0.3, -0.25) is 9.59 Å². The minimum absolute atomic E-state index is 0.123. The van der Waals surface area contributed by atoms with Crippen molar-refractivity contribution in [2.75, 3.05) is 11.9 Å². The lowest BCUT2D eigenvalue weighted by atomic mass is 10.2. The van der Waals surface area contributed by atoms with Gasteiger partial charge in [-0.1, -0.05) is 35.9 Å². The second kappa shape index (κ2) is 10.2. The van der Waals surface area contributed by atoms with Crippen LogP contribution in [0.5, 0.6) is 5.75 Å². The zero-order valence-electron chi connectivity index (χ0n) is 16.3. The van der Waals surface area contributed by atoms with Gasteiger partial charge in [0.05, 0.1) is 6.21 Å². The van der Waals surface area contributed by atoms with E-state index in [9.17, 15) is 9.59 Å². The van der Waals surface area contributed by atoms with E-state index >= 15 is 0 Å². The smallest absolute Gasteiger partial charge is 0.271 e. The van der Waals surface area contributed by atoms with Gasteiger partial charge in [-0.05, 0) is 66.6 Å². The Morgan fingerprint density at radius 3 is 2.57 bits per heavy atom. The molecule has 0 aliphatic rings. The number of rotatable bonds is 7. The van der Waals surface area contributed by atoms with Crippen LogP contribution in [0.4, 0.5) is 5.69 Å². The highest BCUT2D eigenvalue weighted by Gasteiger charge is 2.05. The van der Waals surface area contributed by atoms with Gasteiger partial charge in [0.25, 0.3) is 11.8 Å². The van der Waals surface area contributed by atoms with Gasteiger partial charge in [0.15, 0.2) is 6.61 Å². The highest BCUT2D eigenvalue weighted by atomic mass is 35.5. The molecule has 6 nitrogen and oxygen atoms in total. The molecule has 0 radical (unpaired) electrons. The van der Waals surface area contributed by atoms with Crippen LogP contribution in [0.25, 0.3) is 0 Å². The predicted octanol–water partition coefficient (Wildman–Crippen LogP) is 4.43. The van der Waals surface area contributed by atoms with Crippen LogP contribution >= 0.6 is 11.6 Å². The van der Waals surface area contributed by atoms with Crippen molar-refractivity contribution in [3.8, 4) is 5.75 Å². The normalized spacial score (nSPS) is 10.6. The molecule has 0 fully saturated rings. The summed E-state index contributed by atoms with van der Waals surface area (Å²) in [5.74, 6) is -0.0830. The van der Waals surface area contributed by atoms with E-state index < -0.39 is 0 Å². The number of ether oxygens (including phenoxy) is 1. The summed E-state index contributed by atoms with van der Waals surface area (Å²) < 4.78 is 5.55. The molecule has 3 rings (SSSR count). The lowest BCUT2D eigenvalue weighted by molar-refractivity contribution is -0.118. The third kappa shape index (κ3) is 6.46. The maximum absolute atomic E-state index is 12.1. The maximum atomic E-state index is 12.1. The topological polar surface area (TPSA) is 79.8 Å². The highest BCUT2D eigenvalue weighted by Crippen LogP contribution is 2.13. The second-order valence-corrected chi connectivity index (χ2v) is 6.92. The fourth-order valence-corrected chi connectivity index (χ4v) is 2.71. The van der Waals surface area contributed by atoms with E-state index in [1.807, 2.05) is 31.2 Å². The van der Waals surface area contributed by atoms with E-state index in [0.717, 1.165) is 11.3 Å². The van der Waals surface area contributed by atoms with Crippen LogP contribution in [0.3, 0.4) is 0 Å². The molecule has 0 aliphatic heterocycles. The molecule has 30 heavy (non-hydrogen) atoms. The number of carbonyl (C=O) groups excluding carboxylic acids is 2. The van der Waals surface area contributed by atoms with Crippen molar-refractivity contribution in [1.82, 2.24) is 5.43 Å². The molecule has 0 bridgehead atoms. The van der Waals surface area contributed by atoms with Gasteiger partial charge < -0.3 is 10.1 Å². The number of amides is 2. The molecule has 0 spiro atoms. The highest BCUT2D eigenvalue weighted by molar-refractivity contribution is 6.30. The van der Waals surface area contributed by atoms with Crippen molar-refractivity contribution in [2.45, 2.75) is 6.92 Å². The minimum atomic E-state index is -0.344. The molecule has 3 aromatic carbocycles. The molecule has 0 saturated carbocycles. The fraction of sp³-hybridized carbons (Fsp3) is 0.0870. The van der Waals surface area contributed by atoms with Crippen LogP contribution in [-0.2, 0) is 4.79 Å². The van der Waals surface area contributed by atoms with Gasteiger partial charge in [-0.2, -0.15) is 5.10 Å². The first-order valence-electron chi connectivity index (χ1n) is 9.18. The van der Waals surface area contributed by atoms with E-state index in [2.05, 4.69) is 15.8 Å². The second-order valence-electron chi connectivity index (χ2n) is 6.48. The number of hydrogen-bond donors (Lipinski definition) is 2. The van der Waals surface area contributed by atoms with E-state index in [1.165, 1.54) is 6.21 Å². The Morgan fingerprint density at radius 2 is 1.80 bits per heavy atom. The summed E-state index contributed by atoms with van der Waals surface area (Å²) >= 11 is 5.81. The van der Waals surface area contributed by atoms with Crippen molar-refractivity contribution >= 4 is 35.3 Å². The first kappa shape index (κ1) is 21.1. The average molecular weight is 422 g/mol. The van der Waals surface area contributed by atoms with Crippen LogP contribution < -0.4 is 15.5 Å². The molecule has 7 heteroatoms. The molecule has 0 aromatic heterocycles. The molecule has 0 heterocycles. The van der Waals surface area contributed by atoms with Gasteiger partial charge in [0, 0.05) is 16.3 Å². The third-order valence-corrected chi connectivity index (χ3v) is 4.27. The number of carbonyl (C=O) groups is 2. The van der Waals surface area contributed by atoms with Crippen LogP contribution in [-0.4, -0.2) is 24.6 Å². The molecule has 3 aromatic rings. The molecule has 0 atom stereocenters. The Bertz CT molecular complexity index is 1070. The van der Waals surface area contributed by atoms with E-state index in [1.54, 1.807) is 48.5 Å². The van der Waals surface area contributed by atoms with Gasteiger partial charge in [0.1, 0.15) is 5.75 Å². The van der Waals surface area contributed by atoms with Crippen LogP contribution in [0.1, 0.15) is 21.5 Å². The van der Waals surface area contributed by atoms with Crippen molar-refractivity contribution in [3.05, 3.63) is 94.5 Å². The zero-order chi connectivity index (χ0) is 21.3. The number of hydrazone groups is 1. The summed E-state index contributed by atoms with van der Waals surface area (Å²) in [6.07, 6.45) is 1.49. The van der Waals surface area contributed by atoms with E-state index in [0.29, 0.717) is 21.9 Å². The number of nitrogens with zero attached hydrogens (tertiary/aromatic N) is 1. The Kier molecular flexibility index (Phi) is 7.19. The monoisotopic (exact) mass is 421 g/mol. The Balaban J connectivity index is 1.51. The van der Waals surface area contributed by atoms with Crippen LogP contribution in [0, 0.1) is 6.92 Å². The third-order valence-electron chi connectivity index (χ3n) is 4.02. The lowest BCUT2D eigenvalue weighted by Crippen LogP contribution is -2.20. The van der Waals surface area contributed by atoms with Gasteiger partial charge in [-0.15, -0.1) is 0 Å². The number of aryl methyl sites for hydroxylation is 1. The maximum Gasteiger partial charge on any atom is 0.271 e. The Morgan fingerprint density at radius 1 is 1.03 bits per heavy atom. The van der Waals surface area contributed by atoms with E-state index in [-0.39, 0.29) is 18.4 Å². The first-order valence-corrected chi connectivity index (χ1v) is 9.56. The van der Waals surface area contributed by atoms with Crippen molar-refractivity contribution in [3.63, 3.8) is 0 Å². The molecule has 152 valence electrons. The van der Waals surface area contributed by atoms with Crippen LogP contribution in [0.2, 0.25) is 5.02 Å². The summed E-state index contributed by atoms with van der Waals surface area (Å²) in [4.78, 5) is 24.1. The largest absolute Gasteiger partial charge is 0.484 e. The van der Waals surface area contributed by atoms with Crippen molar-refractivity contribution in [1.29, 1.82) is 0 Å². The summed E-state index contributed by atoms with van der Waals surface area (Å²) in [6, 6.07) is 21.1. The number of nitrogens with one attached hydrogen (secondary N) is 2. The summed E-state index contributed by atoms with van der Waals surface area (Å²) in [7, 11) is 0. The summed E-state index contributed by atoms with van der Waals surface area (Å²) in [5.41, 5.74) is 5.40. The molecule has 0 saturated heterocycles. The number of hydrogen-bond acceptors (Lipinski definition) is 4. The Hall–Kier alpha value is -3.64. The molecular weight excluding hydrogens is 402 g/mol. The standard InChI is InChI=1S/C23H20ClN3O3/c1-16-4-2-6-20(12-16)26-22(28)15-30-21-7-3-5-17(13-21)14-25-27-23(29)18-8-10-19(24)11-9-18/h2-14H,15H2,1H3,(H,26,28)(H,27,29)/b25-14+. The molecule has 0 aliphatic carbocycles. The van der Waals surface area contributed by atoms with Gasteiger partial charge in [-0.25, -0.2) is 5.43 Å². The Labute approximate surface area is 179 Å². The number of benzene rings is 3. The predicted molar refractivity (Wildman–Crippen MR) is 118 cm³/mol. The van der Waals surface area contributed by atoms with E-state index in [4.69, 9.17) is 16.3 Å².